The molecule has 0 aliphatic heterocycles. The number of hydrogen-bond donors (Lipinski definition) is 1. The number of urea groups is 1. The van der Waals surface area contributed by atoms with Crippen LogP contribution in [0.3, 0.4) is 0 Å². The van der Waals surface area contributed by atoms with Crippen molar-refractivity contribution in [2.45, 2.75) is 57.4 Å². The molecule has 2 aromatic rings. The molecule has 0 unspecified atom stereocenters. The molecule has 6 heteroatoms. The maximum Gasteiger partial charge on any atom is 0.323 e. The van der Waals surface area contributed by atoms with Crippen LogP contribution < -0.4 is 10.2 Å². The summed E-state index contributed by atoms with van der Waals surface area (Å²) in [7, 11) is 4.38. The molecule has 0 atom stereocenters. The molecule has 2 fully saturated rings. The number of hydrogen-bond acceptors (Lipinski definition) is 4. The van der Waals surface area contributed by atoms with Gasteiger partial charge < -0.3 is 5.32 Å². The Morgan fingerprint density at radius 2 is 1.81 bits per heavy atom. The molecule has 172 valence electrons. The van der Waals surface area contributed by atoms with Gasteiger partial charge in [-0.05, 0) is 69.5 Å². The topological polar surface area (TPSA) is 61.4 Å². The maximum atomic E-state index is 13.2. The first-order valence-corrected chi connectivity index (χ1v) is 12.0. The van der Waals surface area contributed by atoms with Gasteiger partial charge in [0.25, 0.3) is 0 Å². The molecular weight excluding hydrogens is 398 g/mol. The summed E-state index contributed by atoms with van der Waals surface area (Å²) in [5.74, 6) is 1.26. The zero-order valence-corrected chi connectivity index (χ0v) is 19.8. The molecule has 1 aromatic heterocycles. The number of benzene rings is 1. The van der Waals surface area contributed by atoms with Gasteiger partial charge >= 0.3 is 6.03 Å². The Hall–Kier alpha value is -2.47. The second-order valence-electron chi connectivity index (χ2n) is 10.2. The standard InChI is InChI=1S/C26H37N5O/c1-25(12-14-26(15-13-25,30(2)3)22-10-5-4-6-11-22)20-31(23-19-27-16-17-28-23)24(32)29-18-21-8-7-9-21/h4-6,10-11,16-17,19,21H,7-9,12-15,18,20H2,1-3H3,(H,29,32)/t25-,26-. The molecule has 2 aliphatic carbocycles. The van der Waals surface area contributed by atoms with E-state index in [-0.39, 0.29) is 17.0 Å². The molecule has 2 saturated carbocycles. The largest absolute Gasteiger partial charge is 0.337 e. The Kier molecular flexibility index (Phi) is 6.79. The molecule has 1 heterocycles. The smallest absolute Gasteiger partial charge is 0.323 e. The van der Waals surface area contributed by atoms with E-state index in [9.17, 15) is 4.79 Å². The molecule has 0 saturated heterocycles. The van der Waals surface area contributed by atoms with Crippen molar-refractivity contribution in [1.82, 2.24) is 20.2 Å². The number of carbonyl (C=O) groups is 1. The highest BCUT2D eigenvalue weighted by atomic mass is 16.2. The van der Waals surface area contributed by atoms with Gasteiger partial charge in [-0.15, -0.1) is 0 Å². The average molecular weight is 436 g/mol. The SMILES string of the molecule is CN(C)[C@]1(c2ccccc2)CC[C@@](C)(CN(C(=O)NCC2CCC2)c2cnccn2)CC1. The first kappa shape index (κ1) is 22.7. The van der Waals surface area contributed by atoms with E-state index >= 15 is 0 Å². The summed E-state index contributed by atoms with van der Waals surface area (Å²) in [4.78, 5) is 26.1. The molecule has 0 radical (unpaired) electrons. The van der Waals surface area contributed by atoms with Crippen LogP contribution in [0.4, 0.5) is 10.6 Å². The second-order valence-corrected chi connectivity index (χ2v) is 10.2. The predicted molar refractivity (Wildman–Crippen MR) is 128 cm³/mol. The van der Waals surface area contributed by atoms with E-state index in [1.807, 2.05) is 4.90 Å². The summed E-state index contributed by atoms with van der Waals surface area (Å²) in [5, 5.41) is 3.16. The minimum absolute atomic E-state index is 0.0274. The number of nitrogens with one attached hydrogen (secondary N) is 1. The van der Waals surface area contributed by atoms with Gasteiger partial charge in [0.15, 0.2) is 5.82 Å². The first-order valence-electron chi connectivity index (χ1n) is 12.0. The summed E-state index contributed by atoms with van der Waals surface area (Å²) in [6.07, 6.45) is 13.0. The van der Waals surface area contributed by atoms with Gasteiger partial charge in [-0.1, -0.05) is 43.7 Å². The van der Waals surface area contributed by atoms with Crippen molar-refractivity contribution in [2.24, 2.45) is 11.3 Å². The van der Waals surface area contributed by atoms with E-state index in [1.165, 1.54) is 24.8 Å². The van der Waals surface area contributed by atoms with E-state index in [1.54, 1.807) is 18.6 Å². The summed E-state index contributed by atoms with van der Waals surface area (Å²) in [6.45, 7) is 3.73. The van der Waals surface area contributed by atoms with Crippen molar-refractivity contribution >= 4 is 11.8 Å². The lowest BCUT2D eigenvalue weighted by atomic mass is 9.65. The van der Waals surface area contributed by atoms with E-state index in [2.05, 4.69) is 71.5 Å². The molecular formula is C26H37N5O. The van der Waals surface area contributed by atoms with Crippen molar-refractivity contribution in [2.75, 3.05) is 32.1 Å². The zero-order chi connectivity index (χ0) is 22.6. The van der Waals surface area contributed by atoms with Crippen LogP contribution in [0.5, 0.6) is 0 Å². The average Bonchev–Trinajstić information content (AvgIpc) is 2.78. The van der Waals surface area contributed by atoms with Crippen LogP contribution in [0, 0.1) is 11.3 Å². The number of anilines is 1. The van der Waals surface area contributed by atoms with Gasteiger partial charge in [0, 0.05) is 31.0 Å². The van der Waals surface area contributed by atoms with E-state index in [0.717, 1.165) is 32.2 Å². The number of carbonyl (C=O) groups excluding carboxylic acids is 1. The van der Waals surface area contributed by atoms with E-state index in [0.29, 0.717) is 18.3 Å². The van der Waals surface area contributed by atoms with Gasteiger partial charge in [0.05, 0.1) is 6.20 Å². The Labute approximate surface area is 192 Å². The molecule has 0 bridgehead atoms. The van der Waals surface area contributed by atoms with Crippen LogP contribution in [0.1, 0.15) is 57.4 Å². The lowest BCUT2D eigenvalue weighted by molar-refractivity contribution is 0.0458. The van der Waals surface area contributed by atoms with Crippen LogP contribution in [-0.4, -0.2) is 48.1 Å². The van der Waals surface area contributed by atoms with Crippen molar-refractivity contribution in [3.63, 3.8) is 0 Å². The third-order valence-electron chi connectivity index (χ3n) is 7.83. The minimum Gasteiger partial charge on any atom is -0.337 e. The highest BCUT2D eigenvalue weighted by Crippen LogP contribution is 2.48. The van der Waals surface area contributed by atoms with Crippen LogP contribution in [-0.2, 0) is 5.54 Å². The van der Waals surface area contributed by atoms with Crippen LogP contribution in [0.2, 0.25) is 0 Å². The third-order valence-corrected chi connectivity index (χ3v) is 7.83. The number of rotatable bonds is 7. The molecule has 0 spiro atoms. The predicted octanol–water partition coefficient (Wildman–Crippen LogP) is 4.83. The first-order chi connectivity index (χ1) is 15.4. The lowest BCUT2D eigenvalue weighted by Gasteiger charge is -2.50. The molecule has 2 aliphatic rings. The monoisotopic (exact) mass is 435 g/mol. The highest BCUT2D eigenvalue weighted by Gasteiger charge is 2.44. The third kappa shape index (κ3) is 4.80. The van der Waals surface area contributed by atoms with Gasteiger partial charge in [0.2, 0.25) is 0 Å². The summed E-state index contributed by atoms with van der Waals surface area (Å²) in [5.41, 5.74) is 1.46. The summed E-state index contributed by atoms with van der Waals surface area (Å²) < 4.78 is 0. The van der Waals surface area contributed by atoms with Crippen LogP contribution in [0.25, 0.3) is 0 Å². The Bertz CT molecular complexity index is 874. The zero-order valence-electron chi connectivity index (χ0n) is 19.8. The van der Waals surface area contributed by atoms with Gasteiger partial charge in [-0.3, -0.25) is 14.8 Å². The second kappa shape index (κ2) is 9.57. The Morgan fingerprint density at radius 1 is 1.09 bits per heavy atom. The van der Waals surface area contributed by atoms with Crippen molar-refractivity contribution in [3.8, 4) is 0 Å². The van der Waals surface area contributed by atoms with Gasteiger partial charge in [0.1, 0.15) is 0 Å². The fourth-order valence-electron chi connectivity index (χ4n) is 5.26. The number of nitrogens with zero attached hydrogens (tertiary/aromatic N) is 4. The quantitative estimate of drug-likeness (QED) is 0.677. The van der Waals surface area contributed by atoms with Crippen LogP contribution >= 0.6 is 0 Å². The van der Waals surface area contributed by atoms with Crippen molar-refractivity contribution < 1.29 is 4.79 Å². The van der Waals surface area contributed by atoms with E-state index in [4.69, 9.17) is 0 Å². The molecule has 1 aromatic carbocycles. The van der Waals surface area contributed by atoms with Gasteiger partial charge in [-0.25, -0.2) is 9.78 Å². The summed E-state index contributed by atoms with van der Waals surface area (Å²) in [6, 6.07) is 10.8. The molecule has 1 N–H and O–H groups in total. The highest BCUT2D eigenvalue weighted by molar-refractivity contribution is 5.90. The summed E-state index contributed by atoms with van der Waals surface area (Å²) >= 11 is 0. The number of aromatic nitrogens is 2. The fraction of sp³-hybridized carbons (Fsp3) is 0.577. The minimum atomic E-state index is -0.0499. The Balaban J connectivity index is 1.49. The molecule has 32 heavy (non-hydrogen) atoms. The van der Waals surface area contributed by atoms with Crippen molar-refractivity contribution in [3.05, 3.63) is 54.5 Å². The van der Waals surface area contributed by atoms with Crippen LogP contribution in [0.15, 0.2) is 48.9 Å². The lowest BCUT2D eigenvalue weighted by Crippen LogP contribution is -2.51. The van der Waals surface area contributed by atoms with E-state index < -0.39 is 0 Å². The normalized spacial score (nSPS) is 25.9. The fourth-order valence-corrected chi connectivity index (χ4v) is 5.26. The Morgan fingerprint density at radius 3 is 2.38 bits per heavy atom. The maximum absolute atomic E-state index is 13.2. The molecule has 2 amide bonds. The molecule has 6 nitrogen and oxygen atoms in total. The number of amides is 2. The van der Waals surface area contributed by atoms with Gasteiger partial charge in [-0.2, -0.15) is 0 Å². The molecule has 4 rings (SSSR count). The van der Waals surface area contributed by atoms with Crippen molar-refractivity contribution in [1.29, 1.82) is 0 Å².